The topological polar surface area (TPSA) is 96.0 Å². The van der Waals surface area contributed by atoms with E-state index < -0.39 is 7.12 Å². The molecular weight excluding hydrogens is 391 g/mol. The molecule has 7 atom stereocenters. The number of nitrogens with two attached hydrogens (primary N) is 1. The number of ether oxygens (including phenoxy) is 1. The molecule has 174 valence electrons. The van der Waals surface area contributed by atoms with E-state index in [1.54, 1.807) is 0 Å². The van der Waals surface area contributed by atoms with Crippen molar-refractivity contribution < 1.29 is 19.6 Å². The number of nitrogens with zero attached hydrogens (tertiary/aromatic N) is 1. The van der Waals surface area contributed by atoms with Gasteiger partial charge in [0, 0.05) is 24.4 Å². The number of carbonyl (C=O) groups excluding carboxylic acids is 1. The van der Waals surface area contributed by atoms with Gasteiger partial charge in [-0.3, -0.25) is 4.79 Å². The van der Waals surface area contributed by atoms with Crippen LogP contribution in [0.3, 0.4) is 0 Å². The lowest BCUT2D eigenvalue weighted by Gasteiger charge is -2.48. The predicted octanol–water partition coefficient (Wildman–Crippen LogP) is 2.43. The summed E-state index contributed by atoms with van der Waals surface area (Å²) in [5.74, 6) is 2.72. The van der Waals surface area contributed by atoms with Gasteiger partial charge in [-0.2, -0.15) is 0 Å². The fraction of sp³-hybridized carbons (Fsp3) is 0.958. The molecule has 2 aliphatic heterocycles. The molecule has 0 aromatic rings. The molecular formula is C24H41BN2O4. The summed E-state index contributed by atoms with van der Waals surface area (Å²) < 4.78 is 6.27. The molecule has 5 aliphatic rings. The van der Waals surface area contributed by atoms with E-state index in [2.05, 4.69) is 4.90 Å². The van der Waals surface area contributed by atoms with E-state index in [0.29, 0.717) is 35.7 Å². The zero-order chi connectivity index (χ0) is 21.6. The number of fused-ring (bicyclic) bond motifs is 3. The van der Waals surface area contributed by atoms with Gasteiger partial charge in [0.05, 0.1) is 12.7 Å². The number of piperidine rings is 1. The molecule has 2 heterocycles. The van der Waals surface area contributed by atoms with Gasteiger partial charge in [-0.1, -0.05) is 19.3 Å². The Morgan fingerprint density at radius 1 is 1.06 bits per heavy atom. The van der Waals surface area contributed by atoms with E-state index in [9.17, 15) is 14.8 Å². The molecule has 1 spiro atoms. The van der Waals surface area contributed by atoms with Gasteiger partial charge in [0.25, 0.3) is 0 Å². The van der Waals surface area contributed by atoms with Gasteiger partial charge < -0.3 is 25.4 Å². The van der Waals surface area contributed by atoms with Crippen LogP contribution in [0.2, 0.25) is 5.82 Å². The van der Waals surface area contributed by atoms with Crippen LogP contribution in [0.1, 0.15) is 70.6 Å². The lowest BCUT2D eigenvalue weighted by molar-refractivity contribution is -0.143. The second-order valence-corrected chi connectivity index (χ2v) is 11.5. The Morgan fingerprint density at radius 3 is 2.61 bits per heavy atom. The molecule has 31 heavy (non-hydrogen) atoms. The molecule has 7 heteroatoms. The second kappa shape index (κ2) is 8.96. The Hall–Kier alpha value is -0.625. The largest absolute Gasteiger partial charge is 0.454 e. The number of rotatable bonds is 3. The number of carbonyl (C=O) groups is 1. The highest BCUT2D eigenvalue weighted by Gasteiger charge is 2.53. The maximum absolute atomic E-state index is 13.6. The smallest absolute Gasteiger partial charge is 0.427 e. The van der Waals surface area contributed by atoms with E-state index in [0.717, 1.165) is 84.0 Å². The molecule has 0 aromatic carbocycles. The summed E-state index contributed by atoms with van der Waals surface area (Å²) in [6.45, 7) is 3.43. The predicted molar refractivity (Wildman–Crippen MR) is 120 cm³/mol. The highest BCUT2D eigenvalue weighted by Crippen LogP contribution is 2.53. The summed E-state index contributed by atoms with van der Waals surface area (Å²) in [7, 11) is -1.20. The van der Waals surface area contributed by atoms with Crippen LogP contribution in [0.15, 0.2) is 0 Å². The summed E-state index contributed by atoms with van der Waals surface area (Å²) in [5.41, 5.74) is 6.27. The van der Waals surface area contributed by atoms with Crippen molar-refractivity contribution in [2.45, 2.75) is 82.6 Å². The van der Waals surface area contributed by atoms with Crippen molar-refractivity contribution in [1.29, 1.82) is 0 Å². The molecule has 5 rings (SSSR count). The standard InChI is InChI=1S/C24H41BN2O4/c26-14-16-4-7-22-21(12-16)24(15-31-22)8-10-27(11-9-24)23(28)20-3-1-2-17-13-18(25(29)30)5-6-19(17)20/h16-22,29-30H,1-15,26H2. The van der Waals surface area contributed by atoms with Crippen molar-refractivity contribution in [2.75, 3.05) is 26.2 Å². The third-order valence-electron chi connectivity index (χ3n) is 10.1. The third kappa shape index (κ3) is 4.09. The van der Waals surface area contributed by atoms with Crippen LogP contribution >= 0.6 is 0 Å². The fourth-order valence-electron chi connectivity index (χ4n) is 8.17. The zero-order valence-corrected chi connectivity index (χ0v) is 19.0. The molecule has 2 saturated heterocycles. The average Bonchev–Trinajstić information content (AvgIpc) is 3.15. The number of likely N-dealkylation sites (tertiary alicyclic amines) is 1. The Labute approximate surface area is 187 Å². The molecule has 0 aromatic heterocycles. The van der Waals surface area contributed by atoms with Gasteiger partial charge >= 0.3 is 7.12 Å². The molecule has 0 radical (unpaired) electrons. The van der Waals surface area contributed by atoms with Crippen LogP contribution in [0.4, 0.5) is 0 Å². The maximum atomic E-state index is 13.6. The van der Waals surface area contributed by atoms with Gasteiger partial charge in [-0.15, -0.1) is 0 Å². The SMILES string of the molecule is NCC1CCC2OCC3(CCN(C(=O)C4CCCC5CC(B(O)O)CCC54)CC3)C2C1. The molecule has 4 N–H and O–H groups in total. The first-order valence-corrected chi connectivity index (χ1v) is 13.0. The van der Waals surface area contributed by atoms with Crippen molar-refractivity contribution in [3.63, 3.8) is 0 Å². The summed E-state index contributed by atoms with van der Waals surface area (Å²) in [6.07, 6.45) is 12.1. The quantitative estimate of drug-likeness (QED) is 0.596. The van der Waals surface area contributed by atoms with Crippen molar-refractivity contribution in [2.24, 2.45) is 40.7 Å². The van der Waals surface area contributed by atoms with E-state index >= 15 is 0 Å². The zero-order valence-electron chi connectivity index (χ0n) is 19.0. The van der Waals surface area contributed by atoms with Crippen molar-refractivity contribution >= 4 is 13.0 Å². The highest BCUT2D eigenvalue weighted by molar-refractivity contribution is 6.43. The van der Waals surface area contributed by atoms with Crippen LogP contribution in [-0.4, -0.2) is 60.3 Å². The van der Waals surface area contributed by atoms with E-state index in [1.165, 1.54) is 12.8 Å². The Kier molecular flexibility index (Phi) is 6.41. The van der Waals surface area contributed by atoms with Gasteiger partial charge in [-0.25, -0.2) is 0 Å². The second-order valence-electron chi connectivity index (χ2n) is 11.5. The van der Waals surface area contributed by atoms with E-state index in [1.807, 2.05) is 0 Å². The van der Waals surface area contributed by atoms with Crippen LogP contribution < -0.4 is 5.73 Å². The summed E-state index contributed by atoms with van der Waals surface area (Å²) in [6, 6.07) is 0. The van der Waals surface area contributed by atoms with Gasteiger partial charge in [0.15, 0.2) is 0 Å². The van der Waals surface area contributed by atoms with Crippen LogP contribution in [0.25, 0.3) is 0 Å². The monoisotopic (exact) mass is 432 g/mol. The minimum absolute atomic E-state index is 0.00639. The number of amides is 1. The molecule has 7 unspecified atom stereocenters. The minimum atomic E-state index is -1.20. The molecule has 6 nitrogen and oxygen atoms in total. The van der Waals surface area contributed by atoms with Crippen LogP contribution in [-0.2, 0) is 9.53 Å². The summed E-state index contributed by atoms with van der Waals surface area (Å²) in [4.78, 5) is 15.8. The Morgan fingerprint density at radius 2 is 1.87 bits per heavy atom. The van der Waals surface area contributed by atoms with Gasteiger partial charge in [0.2, 0.25) is 5.91 Å². The fourth-order valence-corrected chi connectivity index (χ4v) is 8.17. The van der Waals surface area contributed by atoms with Crippen LogP contribution in [0.5, 0.6) is 0 Å². The van der Waals surface area contributed by atoms with E-state index in [-0.39, 0.29) is 17.2 Å². The average molecular weight is 432 g/mol. The minimum Gasteiger partial charge on any atom is -0.427 e. The first kappa shape index (κ1) is 22.2. The van der Waals surface area contributed by atoms with Gasteiger partial charge in [0.1, 0.15) is 0 Å². The lowest BCUT2D eigenvalue weighted by atomic mass is 9.55. The van der Waals surface area contributed by atoms with Gasteiger partial charge in [-0.05, 0) is 87.4 Å². The molecule has 0 bridgehead atoms. The highest BCUT2D eigenvalue weighted by atomic mass is 16.5. The van der Waals surface area contributed by atoms with Crippen molar-refractivity contribution in [3.05, 3.63) is 0 Å². The summed E-state index contributed by atoms with van der Waals surface area (Å²) >= 11 is 0. The molecule has 3 saturated carbocycles. The normalized spacial score (nSPS) is 42.2. The molecule has 1 amide bonds. The van der Waals surface area contributed by atoms with Crippen LogP contribution in [0, 0.1) is 35.0 Å². The number of hydrogen-bond acceptors (Lipinski definition) is 5. The third-order valence-corrected chi connectivity index (χ3v) is 10.1. The maximum Gasteiger partial charge on any atom is 0.454 e. The molecule has 5 fully saturated rings. The lowest BCUT2D eigenvalue weighted by Crippen LogP contribution is -2.51. The Bertz CT molecular complexity index is 653. The van der Waals surface area contributed by atoms with Crippen molar-refractivity contribution in [3.8, 4) is 0 Å². The Balaban J connectivity index is 1.20. The van der Waals surface area contributed by atoms with E-state index in [4.69, 9.17) is 10.5 Å². The first-order chi connectivity index (χ1) is 15.0. The molecule has 3 aliphatic carbocycles. The first-order valence-electron chi connectivity index (χ1n) is 13.0. The van der Waals surface area contributed by atoms with Crippen molar-refractivity contribution in [1.82, 2.24) is 4.90 Å². The summed E-state index contributed by atoms with van der Waals surface area (Å²) in [5, 5.41) is 19.3. The number of hydrogen-bond donors (Lipinski definition) is 3.